The number of carbonyl (C=O) groups excluding carboxylic acids is 2. The molecule has 6 nitrogen and oxygen atoms in total. The summed E-state index contributed by atoms with van der Waals surface area (Å²) in [6.07, 6.45) is 0.676. The summed E-state index contributed by atoms with van der Waals surface area (Å²) in [7, 11) is 1.56. The second kappa shape index (κ2) is 8.92. The van der Waals surface area contributed by atoms with Gasteiger partial charge in [-0.05, 0) is 37.6 Å². The molecule has 1 aromatic rings. The van der Waals surface area contributed by atoms with Crippen LogP contribution in [0, 0.1) is 0 Å². The lowest BCUT2D eigenvalue weighted by Crippen LogP contribution is -2.36. The Morgan fingerprint density at radius 3 is 2.45 bits per heavy atom. The predicted octanol–water partition coefficient (Wildman–Crippen LogP) is 1.18. The van der Waals surface area contributed by atoms with Crippen LogP contribution in [0.25, 0.3) is 0 Å². The van der Waals surface area contributed by atoms with Crippen LogP contribution in [0.2, 0.25) is 0 Å². The second-order valence-electron chi connectivity index (χ2n) is 3.99. The van der Waals surface area contributed by atoms with Crippen LogP contribution in [0.3, 0.4) is 0 Å². The highest BCUT2D eigenvalue weighted by atomic mass is 16.5. The van der Waals surface area contributed by atoms with Gasteiger partial charge in [-0.1, -0.05) is 0 Å². The lowest BCUT2D eigenvalue weighted by atomic mass is 10.3. The second-order valence-corrected chi connectivity index (χ2v) is 3.99. The Kier molecular flexibility index (Phi) is 7.13. The third kappa shape index (κ3) is 5.71. The molecule has 0 spiro atoms. The van der Waals surface area contributed by atoms with Crippen LogP contribution in [-0.4, -0.2) is 38.7 Å². The van der Waals surface area contributed by atoms with Crippen molar-refractivity contribution < 1.29 is 19.1 Å². The summed E-state index contributed by atoms with van der Waals surface area (Å²) in [6.45, 7) is 3.53. The average molecular weight is 280 g/mol. The molecule has 20 heavy (non-hydrogen) atoms. The summed E-state index contributed by atoms with van der Waals surface area (Å²) in [6, 6.07) is 6.74. The van der Waals surface area contributed by atoms with Gasteiger partial charge >= 0.3 is 11.8 Å². The van der Waals surface area contributed by atoms with Gasteiger partial charge in [0.05, 0.1) is 7.11 Å². The van der Waals surface area contributed by atoms with E-state index in [2.05, 4.69) is 10.6 Å². The summed E-state index contributed by atoms with van der Waals surface area (Å²) < 4.78 is 10.1. The van der Waals surface area contributed by atoms with Gasteiger partial charge in [0.15, 0.2) is 0 Å². The summed E-state index contributed by atoms with van der Waals surface area (Å²) in [5.41, 5.74) is 0.542. The van der Waals surface area contributed by atoms with E-state index in [4.69, 9.17) is 9.47 Å². The minimum Gasteiger partial charge on any atom is -0.497 e. The molecule has 1 rings (SSSR count). The zero-order valence-electron chi connectivity index (χ0n) is 11.8. The van der Waals surface area contributed by atoms with E-state index >= 15 is 0 Å². The fourth-order valence-corrected chi connectivity index (χ4v) is 1.46. The van der Waals surface area contributed by atoms with Gasteiger partial charge in [-0.15, -0.1) is 0 Å². The molecule has 0 saturated heterocycles. The lowest BCUT2D eigenvalue weighted by molar-refractivity contribution is -0.136. The molecule has 0 saturated carbocycles. The molecule has 0 bridgehead atoms. The molecular formula is C14H20N2O4. The van der Waals surface area contributed by atoms with Crippen LogP contribution >= 0.6 is 0 Å². The fourth-order valence-electron chi connectivity index (χ4n) is 1.46. The van der Waals surface area contributed by atoms with Crippen LogP contribution in [0.15, 0.2) is 24.3 Å². The zero-order chi connectivity index (χ0) is 14.8. The number of anilines is 1. The highest BCUT2D eigenvalue weighted by molar-refractivity contribution is 6.39. The van der Waals surface area contributed by atoms with Crippen LogP contribution in [0.5, 0.6) is 5.75 Å². The summed E-state index contributed by atoms with van der Waals surface area (Å²) >= 11 is 0. The fraction of sp³-hybridized carbons (Fsp3) is 0.429. The minimum atomic E-state index is -0.688. The number of benzene rings is 1. The number of hydrogen-bond acceptors (Lipinski definition) is 4. The molecule has 2 amide bonds. The van der Waals surface area contributed by atoms with E-state index in [1.165, 1.54) is 0 Å². The largest absolute Gasteiger partial charge is 0.497 e. The van der Waals surface area contributed by atoms with Gasteiger partial charge in [0.25, 0.3) is 0 Å². The van der Waals surface area contributed by atoms with Gasteiger partial charge in [0.1, 0.15) is 5.75 Å². The van der Waals surface area contributed by atoms with Crippen LogP contribution < -0.4 is 15.4 Å². The Hall–Kier alpha value is -2.08. The van der Waals surface area contributed by atoms with E-state index in [0.29, 0.717) is 37.6 Å². The first-order valence-corrected chi connectivity index (χ1v) is 6.48. The molecule has 2 N–H and O–H groups in total. The number of hydrogen-bond donors (Lipinski definition) is 2. The van der Waals surface area contributed by atoms with Crippen molar-refractivity contribution in [3.8, 4) is 5.75 Å². The van der Waals surface area contributed by atoms with Crippen molar-refractivity contribution in [3.05, 3.63) is 24.3 Å². The summed E-state index contributed by atoms with van der Waals surface area (Å²) in [5, 5.41) is 5.04. The van der Waals surface area contributed by atoms with Gasteiger partial charge in [-0.25, -0.2) is 0 Å². The van der Waals surface area contributed by atoms with E-state index in [0.717, 1.165) is 0 Å². The summed E-state index contributed by atoms with van der Waals surface area (Å²) in [4.78, 5) is 23.1. The molecule has 0 aromatic heterocycles. The molecular weight excluding hydrogens is 260 g/mol. The topological polar surface area (TPSA) is 76.7 Å². The molecule has 0 radical (unpaired) electrons. The Morgan fingerprint density at radius 1 is 1.15 bits per heavy atom. The third-order valence-electron chi connectivity index (χ3n) is 2.51. The highest BCUT2D eigenvalue weighted by Gasteiger charge is 2.12. The Morgan fingerprint density at radius 2 is 1.85 bits per heavy atom. The van der Waals surface area contributed by atoms with E-state index in [1.54, 1.807) is 31.4 Å². The van der Waals surface area contributed by atoms with Crippen molar-refractivity contribution in [2.24, 2.45) is 0 Å². The quantitative estimate of drug-likeness (QED) is 0.581. The van der Waals surface area contributed by atoms with Crippen LogP contribution in [-0.2, 0) is 14.3 Å². The van der Waals surface area contributed by atoms with Crippen molar-refractivity contribution in [2.45, 2.75) is 13.3 Å². The van der Waals surface area contributed by atoms with Gasteiger partial charge in [0.2, 0.25) is 0 Å². The first-order chi connectivity index (χ1) is 9.67. The molecule has 0 heterocycles. The normalized spacial score (nSPS) is 9.90. The van der Waals surface area contributed by atoms with Crippen molar-refractivity contribution in [1.29, 1.82) is 0 Å². The number of nitrogens with one attached hydrogen (secondary N) is 2. The first kappa shape index (κ1) is 16.0. The van der Waals surface area contributed by atoms with E-state index < -0.39 is 11.8 Å². The SMILES string of the molecule is CCOCCCNC(=O)C(=O)Nc1ccc(OC)cc1. The van der Waals surface area contributed by atoms with Crippen molar-refractivity contribution in [1.82, 2.24) is 5.32 Å². The Balaban J connectivity index is 2.31. The molecule has 0 aliphatic rings. The van der Waals surface area contributed by atoms with Gasteiger partial charge in [-0.2, -0.15) is 0 Å². The molecule has 0 unspecified atom stereocenters. The van der Waals surface area contributed by atoms with Crippen molar-refractivity contribution >= 4 is 17.5 Å². The van der Waals surface area contributed by atoms with E-state index in [9.17, 15) is 9.59 Å². The van der Waals surface area contributed by atoms with Crippen molar-refractivity contribution in [3.63, 3.8) is 0 Å². The van der Waals surface area contributed by atoms with Crippen LogP contribution in [0.1, 0.15) is 13.3 Å². The molecule has 1 aromatic carbocycles. The van der Waals surface area contributed by atoms with E-state index in [-0.39, 0.29) is 0 Å². The predicted molar refractivity (Wildman–Crippen MR) is 75.7 cm³/mol. The Labute approximate surface area is 118 Å². The summed E-state index contributed by atoms with van der Waals surface area (Å²) in [5.74, 6) is -0.660. The van der Waals surface area contributed by atoms with E-state index in [1.807, 2.05) is 6.92 Å². The molecule has 0 aliphatic heterocycles. The van der Waals surface area contributed by atoms with Crippen LogP contribution in [0.4, 0.5) is 5.69 Å². The first-order valence-electron chi connectivity index (χ1n) is 6.48. The number of amides is 2. The lowest BCUT2D eigenvalue weighted by Gasteiger charge is -2.07. The molecule has 6 heteroatoms. The molecule has 0 atom stereocenters. The maximum absolute atomic E-state index is 11.6. The number of carbonyl (C=O) groups is 2. The molecule has 110 valence electrons. The van der Waals surface area contributed by atoms with Crippen molar-refractivity contribution in [2.75, 3.05) is 32.2 Å². The minimum absolute atomic E-state index is 0.412. The number of rotatable bonds is 7. The highest BCUT2D eigenvalue weighted by Crippen LogP contribution is 2.14. The zero-order valence-corrected chi connectivity index (χ0v) is 11.8. The van der Waals surface area contributed by atoms with Gasteiger partial charge in [0, 0.05) is 25.4 Å². The molecule has 0 fully saturated rings. The Bertz CT molecular complexity index is 431. The van der Waals surface area contributed by atoms with Gasteiger partial charge in [-0.3, -0.25) is 9.59 Å². The standard InChI is InChI=1S/C14H20N2O4/c1-3-20-10-4-9-15-13(17)14(18)16-11-5-7-12(19-2)8-6-11/h5-8H,3-4,9-10H2,1-2H3,(H,15,17)(H,16,18). The maximum atomic E-state index is 11.6. The third-order valence-corrected chi connectivity index (χ3v) is 2.51. The number of methoxy groups -OCH3 is 1. The average Bonchev–Trinajstić information content (AvgIpc) is 2.47. The monoisotopic (exact) mass is 280 g/mol. The van der Waals surface area contributed by atoms with Gasteiger partial charge < -0.3 is 20.1 Å². The maximum Gasteiger partial charge on any atom is 0.313 e. The smallest absolute Gasteiger partial charge is 0.313 e. The number of ether oxygens (including phenoxy) is 2. The molecule has 0 aliphatic carbocycles.